The van der Waals surface area contributed by atoms with Gasteiger partial charge in [0.05, 0.1) is 12.6 Å². The zero-order valence-electron chi connectivity index (χ0n) is 11.7. The normalized spacial score (nSPS) is 23.5. The lowest BCUT2D eigenvalue weighted by Gasteiger charge is -2.15. The highest BCUT2D eigenvalue weighted by Gasteiger charge is 2.28. The summed E-state index contributed by atoms with van der Waals surface area (Å²) >= 11 is 0. The lowest BCUT2D eigenvalue weighted by Crippen LogP contribution is -2.24. The highest BCUT2D eigenvalue weighted by atomic mass is 16.5. The van der Waals surface area contributed by atoms with Gasteiger partial charge in [-0.3, -0.25) is 4.90 Å². The van der Waals surface area contributed by atoms with E-state index in [1.165, 1.54) is 0 Å². The molecule has 0 bridgehead atoms. The van der Waals surface area contributed by atoms with Gasteiger partial charge in [0.2, 0.25) is 5.89 Å². The van der Waals surface area contributed by atoms with Crippen molar-refractivity contribution in [3.8, 4) is 0 Å². The lowest BCUT2D eigenvalue weighted by atomic mass is 9.97. The molecule has 1 aromatic heterocycles. The number of nitrogens with zero attached hydrogens (tertiary/aromatic N) is 3. The zero-order valence-corrected chi connectivity index (χ0v) is 11.7. The van der Waals surface area contributed by atoms with Crippen LogP contribution in [0.1, 0.15) is 45.8 Å². The molecular formula is C13H23N3O2. The molecule has 1 fully saturated rings. The Morgan fingerprint density at radius 2 is 2.22 bits per heavy atom. The third-order valence-corrected chi connectivity index (χ3v) is 3.47. The Morgan fingerprint density at radius 3 is 2.72 bits per heavy atom. The van der Waals surface area contributed by atoms with Gasteiger partial charge in [0.15, 0.2) is 5.82 Å². The minimum absolute atomic E-state index is 0.0988. The molecule has 0 amide bonds. The summed E-state index contributed by atoms with van der Waals surface area (Å²) in [6.07, 6.45) is 0.812. The van der Waals surface area contributed by atoms with Gasteiger partial charge in [-0.15, -0.1) is 0 Å². The summed E-state index contributed by atoms with van der Waals surface area (Å²) in [7, 11) is 0. The summed E-state index contributed by atoms with van der Waals surface area (Å²) in [5, 5.41) is 13.6. The Hall–Kier alpha value is -0.940. The molecule has 1 aliphatic heterocycles. The molecule has 0 aromatic carbocycles. The van der Waals surface area contributed by atoms with Crippen LogP contribution in [-0.2, 0) is 12.0 Å². The van der Waals surface area contributed by atoms with Gasteiger partial charge in [-0.25, -0.2) is 0 Å². The molecule has 1 saturated heterocycles. The standard InChI is InChI=1S/C13H23N3O2/c1-9(17)10-5-6-16(7-10)8-11-14-12(18-15-11)13(2,3)4/h9-10,17H,5-8H2,1-4H3. The average molecular weight is 253 g/mol. The van der Waals surface area contributed by atoms with Crippen LogP contribution in [0, 0.1) is 5.92 Å². The first-order valence-corrected chi connectivity index (χ1v) is 6.60. The van der Waals surface area contributed by atoms with Gasteiger partial charge in [-0.1, -0.05) is 25.9 Å². The SMILES string of the molecule is CC(O)C1CCN(Cc2noc(C(C)(C)C)n2)C1. The van der Waals surface area contributed by atoms with Gasteiger partial charge < -0.3 is 9.63 Å². The molecule has 5 heteroatoms. The monoisotopic (exact) mass is 253 g/mol. The summed E-state index contributed by atoms with van der Waals surface area (Å²) in [4.78, 5) is 6.71. The van der Waals surface area contributed by atoms with Crippen molar-refractivity contribution < 1.29 is 9.63 Å². The molecule has 2 heterocycles. The fourth-order valence-electron chi connectivity index (χ4n) is 2.22. The van der Waals surface area contributed by atoms with Crippen molar-refractivity contribution in [3.63, 3.8) is 0 Å². The molecule has 0 spiro atoms. The van der Waals surface area contributed by atoms with E-state index < -0.39 is 0 Å². The number of aliphatic hydroxyl groups excluding tert-OH is 1. The summed E-state index contributed by atoms with van der Waals surface area (Å²) in [5.74, 6) is 1.80. The Morgan fingerprint density at radius 1 is 1.50 bits per heavy atom. The minimum Gasteiger partial charge on any atom is -0.393 e. The summed E-state index contributed by atoms with van der Waals surface area (Å²) in [6, 6.07) is 0. The van der Waals surface area contributed by atoms with Crippen LogP contribution in [0.2, 0.25) is 0 Å². The molecule has 1 aromatic rings. The van der Waals surface area contributed by atoms with Gasteiger partial charge in [0, 0.05) is 12.0 Å². The maximum atomic E-state index is 9.57. The fourth-order valence-corrected chi connectivity index (χ4v) is 2.22. The van der Waals surface area contributed by atoms with Gasteiger partial charge in [0.1, 0.15) is 0 Å². The predicted molar refractivity (Wildman–Crippen MR) is 68.1 cm³/mol. The van der Waals surface area contributed by atoms with Crippen molar-refractivity contribution in [3.05, 3.63) is 11.7 Å². The van der Waals surface area contributed by atoms with Crippen LogP contribution in [0.15, 0.2) is 4.52 Å². The first kappa shape index (κ1) is 13.5. The molecule has 102 valence electrons. The van der Waals surface area contributed by atoms with E-state index in [0.29, 0.717) is 18.4 Å². The third-order valence-electron chi connectivity index (χ3n) is 3.47. The third kappa shape index (κ3) is 3.09. The molecule has 1 aliphatic rings. The van der Waals surface area contributed by atoms with Crippen LogP contribution in [0.5, 0.6) is 0 Å². The fraction of sp³-hybridized carbons (Fsp3) is 0.846. The van der Waals surface area contributed by atoms with Crippen molar-refractivity contribution in [2.24, 2.45) is 5.92 Å². The van der Waals surface area contributed by atoms with Gasteiger partial charge in [0.25, 0.3) is 0 Å². The predicted octanol–water partition coefficient (Wildman–Crippen LogP) is 1.57. The van der Waals surface area contributed by atoms with Crippen molar-refractivity contribution >= 4 is 0 Å². The van der Waals surface area contributed by atoms with E-state index in [1.54, 1.807) is 0 Å². The maximum absolute atomic E-state index is 9.57. The van der Waals surface area contributed by atoms with E-state index in [1.807, 2.05) is 6.92 Å². The van der Waals surface area contributed by atoms with Crippen LogP contribution in [0.4, 0.5) is 0 Å². The van der Waals surface area contributed by atoms with E-state index in [2.05, 4.69) is 35.8 Å². The Bertz CT molecular complexity index is 395. The number of aromatic nitrogens is 2. The molecule has 2 atom stereocenters. The minimum atomic E-state index is -0.231. The highest BCUT2D eigenvalue weighted by Crippen LogP contribution is 2.23. The van der Waals surface area contributed by atoms with E-state index in [9.17, 15) is 5.11 Å². The van der Waals surface area contributed by atoms with Crippen LogP contribution in [0.3, 0.4) is 0 Å². The number of aliphatic hydroxyl groups is 1. The Balaban J connectivity index is 1.93. The second-order valence-electron chi connectivity index (χ2n) is 6.29. The smallest absolute Gasteiger partial charge is 0.232 e. The van der Waals surface area contributed by atoms with Crippen LogP contribution in [0.25, 0.3) is 0 Å². The van der Waals surface area contributed by atoms with Gasteiger partial charge in [-0.2, -0.15) is 4.98 Å². The van der Waals surface area contributed by atoms with E-state index in [-0.39, 0.29) is 11.5 Å². The van der Waals surface area contributed by atoms with Gasteiger partial charge >= 0.3 is 0 Å². The van der Waals surface area contributed by atoms with Crippen molar-refractivity contribution in [2.45, 2.75) is 52.2 Å². The van der Waals surface area contributed by atoms with Crippen molar-refractivity contribution in [1.82, 2.24) is 15.0 Å². The van der Waals surface area contributed by atoms with E-state index >= 15 is 0 Å². The first-order chi connectivity index (χ1) is 8.36. The topological polar surface area (TPSA) is 62.4 Å². The quantitative estimate of drug-likeness (QED) is 0.886. The molecule has 0 radical (unpaired) electrons. The summed E-state index contributed by atoms with van der Waals surface area (Å²) < 4.78 is 5.28. The van der Waals surface area contributed by atoms with Crippen LogP contribution in [-0.4, -0.2) is 39.3 Å². The number of rotatable bonds is 3. The Kier molecular flexibility index (Phi) is 3.73. The maximum Gasteiger partial charge on any atom is 0.232 e. The van der Waals surface area contributed by atoms with Gasteiger partial charge in [-0.05, 0) is 25.8 Å². The highest BCUT2D eigenvalue weighted by molar-refractivity contribution is 4.98. The van der Waals surface area contributed by atoms with Crippen LogP contribution < -0.4 is 0 Å². The second kappa shape index (κ2) is 4.97. The van der Waals surface area contributed by atoms with E-state index in [0.717, 1.165) is 25.3 Å². The lowest BCUT2D eigenvalue weighted by molar-refractivity contribution is 0.127. The number of likely N-dealkylation sites (tertiary alicyclic amines) is 1. The molecule has 5 nitrogen and oxygen atoms in total. The summed E-state index contributed by atoms with van der Waals surface area (Å²) in [6.45, 7) is 10.7. The summed E-state index contributed by atoms with van der Waals surface area (Å²) in [5.41, 5.74) is -0.0988. The molecule has 1 N–H and O–H groups in total. The van der Waals surface area contributed by atoms with Crippen LogP contribution >= 0.6 is 0 Å². The molecule has 18 heavy (non-hydrogen) atoms. The molecule has 0 aliphatic carbocycles. The van der Waals surface area contributed by atoms with Crippen molar-refractivity contribution in [2.75, 3.05) is 13.1 Å². The van der Waals surface area contributed by atoms with E-state index in [4.69, 9.17) is 4.52 Å². The Labute approximate surface area is 108 Å². The number of hydrogen-bond acceptors (Lipinski definition) is 5. The van der Waals surface area contributed by atoms with Crippen molar-refractivity contribution in [1.29, 1.82) is 0 Å². The average Bonchev–Trinajstić information content (AvgIpc) is 2.85. The zero-order chi connectivity index (χ0) is 13.3. The molecule has 2 rings (SSSR count). The largest absolute Gasteiger partial charge is 0.393 e. The number of hydrogen-bond donors (Lipinski definition) is 1. The molecular weight excluding hydrogens is 230 g/mol. The molecule has 0 saturated carbocycles. The molecule has 2 unspecified atom stereocenters. The second-order valence-corrected chi connectivity index (χ2v) is 6.29. The first-order valence-electron chi connectivity index (χ1n) is 6.60.